The summed E-state index contributed by atoms with van der Waals surface area (Å²) in [6.45, 7) is 2.16. The first-order chi connectivity index (χ1) is 8.70. The summed E-state index contributed by atoms with van der Waals surface area (Å²) in [4.78, 5) is 4.18. The third-order valence-corrected chi connectivity index (χ3v) is 3.50. The molecule has 0 fully saturated rings. The second-order valence-corrected chi connectivity index (χ2v) is 5.11. The normalized spacial score (nSPS) is 12.6. The van der Waals surface area contributed by atoms with E-state index < -0.39 is 0 Å². The van der Waals surface area contributed by atoms with E-state index in [1.165, 1.54) is 0 Å². The van der Waals surface area contributed by atoms with E-state index in [1.54, 1.807) is 12.4 Å². The zero-order valence-corrected chi connectivity index (χ0v) is 11.7. The standard InChI is InChI=1S/C13H15Cl2N3/c1-2-3-9(6-13-16-8-17-18-13)11-5-4-10(14)7-12(11)15/h4-5,7-9H,2-3,6H2,1H3,(H,16,17,18). The number of hydrogen-bond acceptors (Lipinski definition) is 2. The van der Waals surface area contributed by atoms with Crippen LogP contribution >= 0.6 is 23.2 Å². The van der Waals surface area contributed by atoms with Gasteiger partial charge < -0.3 is 0 Å². The summed E-state index contributed by atoms with van der Waals surface area (Å²) in [6.07, 6.45) is 4.53. The van der Waals surface area contributed by atoms with E-state index in [0.29, 0.717) is 10.9 Å². The molecule has 1 N–H and O–H groups in total. The van der Waals surface area contributed by atoms with Gasteiger partial charge in [0.1, 0.15) is 6.33 Å². The van der Waals surface area contributed by atoms with Crippen molar-refractivity contribution in [2.24, 2.45) is 0 Å². The Morgan fingerprint density at radius 3 is 2.78 bits per heavy atom. The number of benzene rings is 1. The molecule has 0 radical (unpaired) electrons. The molecule has 3 nitrogen and oxygen atoms in total. The van der Waals surface area contributed by atoms with Crippen molar-refractivity contribution in [2.45, 2.75) is 32.1 Å². The summed E-state index contributed by atoms with van der Waals surface area (Å²) in [7, 11) is 0. The highest BCUT2D eigenvalue weighted by molar-refractivity contribution is 6.35. The molecule has 0 amide bonds. The molecule has 0 aliphatic carbocycles. The summed E-state index contributed by atoms with van der Waals surface area (Å²) in [5.74, 6) is 1.15. The molecular weight excluding hydrogens is 269 g/mol. The Labute approximate surface area is 117 Å². The van der Waals surface area contributed by atoms with Crippen LogP contribution in [0.3, 0.4) is 0 Å². The van der Waals surface area contributed by atoms with Crippen LogP contribution in [-0.4, -0.2) is 15.2 Å². The maximum Gasteiger partial charge on any atom is 0.150 e. The van der Waals surface area contributed by atoms with E-state index in [1.807, 2.05) is 12.1 Å². The Bertz CT molecular complexity index is 497. The van der Waals surface area contributed by atoms with Crippen LogP contribution in [0.1, 0.15) is 37.1 Å². The van der Waals surface area contributed by atoms with E-state index in [2.05, 4.69) is 22.1 Å². The molecular formula is C13H15Cl2N3. The molecule has 1 unspecified atom stereocenters. The maximum absolute atomic E-state index is 6.27. The van der Waals surface area contributed by atoms with Gasteiger partial charge in [0, 0.05) is 16.5 Å². The fraction of sp³-hybridized carbons (Fsp3) is 0.385. The van der Waals surface area contributed by atoms with Gasteiger partial charge in [-0.2, -0.15) is 5.10 Å². The van der Waals surface area contributed by atoms with Gasteiger partial charge in [-0.3, -0.25) is 5.10 Å². The quantitative estimate of drug-likeness (QED) is 0.892. The van der Waals surface area contributed by atoms with E-state index in [9.17, 15) is 0 Å². The minimum Gasteiger partial charge on any atom is -0.266 e. The third kappa shape index (κ3) is 3.24. The molecule has 96 valence electrons. The van der Waals surface area contributed by atoms with Crippen LogP contribution < -0.4 is 0 Å². The molecule has 0 aliphatic rings. The van der Waals surface area contributed by atoms with Gasteiger partial charge in [0.15, 0.2) is 5.82 Å². The third-order valence-electron chi connectivity index (χ3n) is 2.93. The lowest BCUT2D eigenvalue weighted by atomic mass is 9.91. The van der Waals surface area contributed by atoms with Crippen molar-refractivity contribution >= 4 is 23.2 Å². The zero-order chi connectivity index (χ0) is 13.0. The predicted molar refractivity (Wildman–Crippen MR) is 74.2 cm³/mol. The minimum atomic E-state index is 0.329. The van der Waals surface area contributed by atoms with Gasteiger partial charge in [-0.15, -0.1) is 0 Å². The van der Waals surface area contributed by atoms with Crippen LogP contribution in [0.5, 0.6) is 0 Å². The van der Waals surface area contributed by atoms with Crippen molar-refractivity contribution in [1.29, 1.82) is 0 Å². The molecule has 0 aliphatic heterocycles. The topological polar surface area (TPSA) is 41.6 Å². The fourth-order valence-electron chi connectivity index (χ4n) is 2.10. The summed E-state index contributed by atoms with van der Waals surface area (Å²) >= 11 is 12.2. The zero-order valence-electron chi connectivity index (χ0n) is 10.2. The van der Waals surface area contributed by atoms with Gasteiger partial charge >= 0.3 is 0 Å². The SMILES string of the molecule is CCCC(Cc1nc[nH]n1)c1ccc(Cl)cc1Cl. The van der Waals surface area contributed by atoms with Gasteiger partial charge in [-0.05, 0) is 30.0 Å². The lowest BCUT2D eigenvalue weighted by molar-refractivity contribution is 0.595. The number of hydrogen-bond donors (Lipinski definition) is 1. The number of H-pyrrole nitrogens is 1. The fourth-order valence-corrected chi connectivity index (χ4v) is 2.67. The molecule has 1 aromatic heterocycles. The molecule has 5 heteroatoms. The summed E-state index contributed by atoms with van der Waals surface area (Å²) in [6, 6.07) is 5.67. The van der Waals surface area contributed by atoms with Crippen LogP contribution in [-0.2, 0) is 6.42 Å². The van der Waals surface area contributed by atoms with E-state index in [0.717, 1.165) is 35.7 Å². The van der Waals surface area contributed by atoms with Crippen molar-refractivity contribution in [3.63, 3.8) is 0 Å². The Kier molecular flexibility index (Phi) is 4.61. The summed E-state index contributed by atoms with van der Waals surface area (Å²) < 4.78 is 0. The highest BCUT2D eigenvalue weighted by Crippen LogP contribution is 2.32. The minimum absolute atomic E-state index is 0.329. The maximum atomic E-state index is 6.27. The number of halogens is 2. The monoisotopic (exact) mass is 283 g/mol. The lowest BCUT2D eigenvalue weighted by Crippen LogP contribution is -2.05. The molecule has 1 heterocycles. The Morgan fingerprint density at radius 2 is 2.17 bits per heavy atom. The Balaban J connectivity index is 2.23. The van der Waals surface area contributed by atoms with Crippen LogP contribution in [0, 0.1) is 0 Å². The van der Waals surface area contributed by atoms with Crippen molar-refractivity contribution in [2.75, 3.05) is 0 Å². The largest absolute Gasteiger partial charge is 0.266 e. The van der Waals surface area contributed by atoms with Crippen LogP contribution in [0.25, 0.3) is 0 Å². The van der Waals surface area contributed by atoms with Crippen molar-refractivity contribution in [3.05, 3.63) is 46.0 Å². The van der Waals surface area contributed by atoms with E-state index >= 15 is 0 Å². The predicted octanol–water partition coefficient (Wildman–Crippen LogP) is 4.24. The summed E-state index contributed by atoms with van der Waals surface area (Å²) in [5.41, 5.74) is 1.12. The van der Waals surface area contributed by atoms with Crippen molar-refractivity contribution in [3.8, 4) is 0 Å². The van der Waals surface area contributed by atoms with E-state index in [-0.39, 0.29) is 0 Å². The molecule has 18 heavy (non-hydrogen) atoms. The number of rotatable bonds is 5. The molecule has 0 bridgehead atoms. The smallest absolute Gasteiger partial charge is 0.150 e. The molecule has 0 spiro atoms. The van der Waals surface area contributed by atoms with Gasteiger partial charge in [0.2, 0.25) is 0 Å². The molecule has 0 saturated heterocycles. The second-order valence-electron chi connectivity index (χ2n) is 4.27. The first kappa shape index (κ1) is 13.4. The molecule has 2 aromatic rings. The van der Waals surface area contributed by atoms with Crippen LogP contribution in [0.4, 0.5) is 0 Å². The highest BCUT2D eigenvalue weighted by atomic mass is 35.5. The van der Waals surface area contributed by atoms with Gasteiger partial charge in [0.25, 0.3) is 0 Å². The first-order valence-electron chi connectivity index (χ1n) is 6.00. The van der Waals surface area contributed by atoms with Crippen LogP contribution in [0.2, 0.25) is 10.0 Å². The van der Waals surface area contributed by atoms with E-state index in [4.69, 9.17) is 23.2 Å². The van der Waals surface area contributed by atoms with Crippen molar-refractivity contribution < 1.29 is 0 Å². The van der Waals surface area contributed by atoms with Gasteiger partial charge in [0.05, 0.1) is 0 Å². The molecule has 2 rings (SSSR count). The average molecular weight is 284 g/mol. The second kappa shape index (κ2) is 6.21. The van der Waals surface area contributed by atoms with Crippen LogP contribution in [0.15, 0.2) is 24.5 Å². The summed E-state index contributed by atoms with van der Waals surface area (Å²) in [5, 5.41) is 8.23. The van der Waals surface area contributed by atoms with Gasteiger partial charge in [-0.25, -0.2) is 4.98 Å². The Morgan fingerprint density at radius 1 is 1.33 bits per heavy atom. The molecule has 0 saturated carbocycles. The van der Waals surface area contributed by atoms with Gasteiger partial charge in [-0.1, -0.05) is 42.6 Å². The molecule has 1 atom stereocenters. The van der Waals surface area contributed by atoms with Crippen molar-refractivity contribution in [1.82, 2.24) is 15.2 Å². The lowest BCUT2D eigenvalue weighted by Gasteiger charge is -2.16. The number of nitrogens with one attached hydrogen (secondary N) is 1. The number of aromatic amines is 1. The molecule has 1 aromatic carbocycles. The highest BCUT2D eigenvalue weighted by Gasteiger charge is 2.16. The average Bonchev–Trinajstić information content (AvgIpc) is 2.81. The Hall–Kier alpha value is -1.06. The number of aromatic nitrogens is 3. The number of nitrogens with zero attached hydrogens (tertiary/aromatic N) is 2. The first-order valence-corrected chi connectivity index (χ1v) is 6.76.